The van der Waals surface area contributed by atoms with Gasteiger partial charge in [0.25, 0.3) is 0 Å². The lowest BCUT2D eigenvalue weighted by molar-refractivity contribution is 0.220. The zero-order valence-corrected chi connectivity index (χ0v) is 12.7. The molecule has 0 amide bonds. The summed E-state index contributed by atoms with van der Waals surface area (Å²) in [5.74, 6) is 3.36. The van der Waals surface area contributed by atoms with E-state index in [4.69, 9.17) is 10.5 Å². The highest BCUT2D eigenvalue weighted by Crippen LogP contribution is 2.26. The second-order valence-corrected chi connectivity index (χ2v) is 6.36. The monoisotopic (exact) mass is 280 g/mol. The van der Waals surface area contributed by atoms with Crippen molar-refractivity contribution in [1.82, 2.24) is 4.90 Å². The molecule has 0 aromatic heterocycles. The molecule has 2 rings (SSSR count). The molecule has 0 saturated carbocycles. The van der Waals surface area contributed by atoms with Crippen LogP contribution in [0.5, 0.6) is 5.75 Å². The molecule has 1 fully saturated rings. The molecule has 1 aliphatic rings. The minimum absolute atomic E-state index is 0.206. The predicted molar refractivity (Wildman–Crippen MR) is 82.9 cm³/mol. The van der Waals surface area contributed by atoms with E-state index in [-0.39, 0.29) is 6.10 Å². The molecular weight excluding hydrogens is 256 g/mol. The molecule has 19 heavy (non-hydrogen) atoms. The van der Waals surface area contributed by atoms with Crippen LogP contribution in [0.4, 0.5) is 0 Å². The second-order valence-electron chi connectivity index (χ2n) is 5.14. The van der Waals surface area contributed by atoms with Gasteiger partial charge in [0.2, 0.25) is 0 Å². The van der Waals surface area contributed by atoms with Gasteiger partial charge in [-0.2, -0.15) is 11.8 Å². The Balaban J connectivity index is 2.12. The SMILES string of the molecule is CC(C)Oc1cccc(C(CN)N2CCSCC2)c1. The van der Waals surface area contributed by atoms with Gasteiger partial charge in [0.05, 0.1) is 6.10 Å². The van der Waals surface area contributed by atoms with Crippen LogP contribution in [0.15, 0.2) is 24.3 Å². The van der Waals surface area contributed by atoms with Gasteiger partial charge in [-0.3, -0.25) is 4.90 Å². The summed E-state index contributed by atoms with van der Waals surface area (Å²) in [5, 5.41) is 0. The first-order valence-corrected chi connectivity index (χ1v) is 8.14. The third-order valence-corrected chi connectivity index (χ3v) is 4.27. The normalized spacial score (nSPS) is 18.5. The molecule has 2 N–H and O–H groups in total. The number of benzene rings is 1. The fraction of sp³-hybridized carbons (Fsp3) is 0.600. The maximum absolute atomic E-state index is 6.00. The van der Waals surface area contributed by atoms with Gasteiger partial charge >= 0.3 is 0 Å². The lowest BCUT2D eigenvalue weighted by Gasteiger charge is -2.34. The first-order chi connectivity index (χ1) is 9.20. The summed E-state index contributed by atoms with van der Waals surface area (Å²) in [5.41, 5.74) is 7.27. The average molecular weight is 280 g/mol. The summed E-state index contributed by atoms with van der Waals surface area (Å²) in [4.78, 5) is 2.49. The third-order valence-electron chi connectivity index (χ3n) is 3.32. The Kier molecular flexibility index (Phi) is 5.55. The van der Waals surface area contributed by atoms with E-state index in [2.05, 4.69) is 36.9 Å². The smallest absolute Gasteiger partial charge is 0.120 e. The molecule has 1 atom stereocenters. The molecule has 106 valence electrons. The van der Waals surface area contributed by atoms with Crippen LogP contribution in [0, 0.1) is 0 Å². The van der Waals surface area contributed by atoms with E-state index in [1.807, 2.05) is 17.8 Å². The minimum atomic E-state index is 0.206. The molecule has 0 bridgehead atoms. The van der Waals surface area contributed by atoms with Crippen LogP contribution in [0.25, 0.3) is 0 Å². The van der Waals surface area contributed by atoms with Gasteiger partial charge in [0.15, 0.2) is 0 Å². The number of hydrogen-bond acceptors (Lipinski definition) is 4. The maximum Gasteiger partial charge on any atom is 0.120 e. The van der Waals surface area contributed by atoms with Gasteiger partial charge in [-0.25, -0.2) is 0 Å². The third kappa shape index (κ3) is 4.13. The van der Waals surface area contributed by atoms with Crippen LogP contribution in [0.2, 0.25) is 0 Å². The van der Waals surface area contributed by atoms with E-state index in [9.17, 15) is 0 Å². The van der Waals surface area contributed by atoms with Crippen molar-refractivity contribution in [3.05, 3.63) is 29.8 Å². The summed E-state index contributed by atoms with van der Waals surface area (Å²) in [6.45, 7) is 7.02. The second kappa shape index (κ2) is 7.17. The van der Waals surface area contributed by atoms with E-state index in [0.717, 1.165) is 18.8 Å². The van der Waals surface area contributed by atoms with Crippen molar-refractivity contribution in [3.8, 4) is 5.75 Å². The first kappa shape index (κ1) is 14.7. The molecule has 1 heterocycles. The highest BCUT2D eigenvalue weighted by molar-refractivity contribution is 7.99. The number of ether oxygens (including phenoxy) is 1. The van der Waals surface area contributed by atoms with Crippen molar-refractivity contribution in [2.24, 2.45) is 5.73 Å². The summed E-state index contributed by atoms with van der Waals surface area (Å²) in [6.07, 6.45) is 0.206. The van der Waals surface area contributed by atoms with Crippen molar-refractivity contribution in [1.29, 1.82) is 0 Å². The van der Waals surface area contributed by atoms with Crippen molar-refractivity contribution < 1.29 is 4.74 Å². The van der Waals surface area contributed by atoms with E-state index < -0.39 is 0 Å². The molecule has 0 radical (unpaired) electrons. The molecule has 1 aromatic carbocycles. The average Bonchev–Trinajstić information content (AvgIpc) is 2.40. The molecule has 0 spiro atoms. The lowest BCUT2D eigenvalue weighted by Crippen LogP contribution is -2.39. The Hall–Kier alpha value is -0.710. The molecule has 1 aliphatic heterocycles. The Labute approximate surface area is 120 Å². The maximum atomic E-state index is 6.00. The van der Waals surface area contributed by atoms with Crippen molar-refractivity contribution >= 4 is 11.8 Å². The lowest BCUT2D eigenvalue weighted by atomic mass is 10.0. The number of hydrogen-bond donors (Lipinski definition) is 1. The summed E-state index contributed by atoms with van der Waals surface area (Å²) in [6, 6.07) is 8.69. The highest BCUT2D eigenvalue weighted by Gasteiger charge is 2.21. The summed E-state index contributed by atoms with van der Waals surface area (Å²) >= 11 is 2.03. The number of nitrogens with two attached hydrogens (primary N) is 1. The van der Waals surface area contributed by atoms with Gasteiger partial charge < -0.3 is 10.5 Å². The minimum Gasteiger partial charge on any atom is -0.491 e. The Morgan fingerprint density at radius 1 is 1.32 bits per heavy atom. The fourth-order valence-corrected chi connectivity index (χ4v) is 3.38. The van der Waals surface area contributed by atoms with Crippen LogP contribution in [-0.2, 0) is 0 Å². The Morgan fingerprint density at radius 3 is 2.68 bits per heavy atom. The van der Waals surface area contributed by atoms with Crippen LogP contribution in [-0.4, -0.2) is 42.1 Å². The van der Waals surface area contributed by atoms with E-state index >= 15 is 0 Å². The van der Waals surface area contributed by atoms with E-state index in [1.165, 1.54) is 17.1 Å². The van der Waals surface area contributed by atoms with Crippen molar-refractivity contribution in [3.63, 3.8) is 0 Å². The Bertz CT molecular complexity index is 391. The molecular formula is C15H24N2OS. The fourth-order valence-electron chi connectivity index (χ4n) is 2.45. The van der Waals surface area contributed by atoms with Crippen LogP contribution < -0.4 is 10.5 Å². The zero-order valence-electron chi connectivity index (χ0n) is 11.8. The molecule has 1 saturated heterocycles. The first-order valence-electron chi connectivity index (χ1n) is 6.99. The highest BCUT2D eigenvalue weighted by atomic mass is 32.2. The van der Waals surface area contributed by atoms with Crippen LogP contribution in [0.3, 0.4) is 0 Å². The van der Waals surface area contributed by atoms with Gasteiger partial charge in [-0.05, 0) is 31.5 Å². The van der Waals surface area contributed by atoms with E-state index in [0.29, 0.717) is 12.6 Å². The van der Waals surface area contributed by atoms with Gasteiger partial charge in [-0.15, -0.1) is 0 Å². The number of thioether (sulfide) groups is 1. The van der Waals surface area contributed by atoms with Crippen molar-refractivity contribution in [2.45, 2.75) is 26.0 Å². The standard InChI is InChI=1S/C15H24N2OS/c1-12(2)18-14-5-3-4-13(10-14)15(11-16)17-6-8-19-9-7-17/h3-5,10,12,15H,6-9,11,16H2,1-2H3. The topological polar surface area (TPSA) is 38.5 Å². The van der Waals surface area contributed by atoms with Crippen LogP contribution >= 0.6 is 11.8 Å². The predicted octanol–water partition coefficient (Wildman–Crippen LogP) is 2.52. The molecule has 1 unspecified atom stereocenters. The van der Waals surface area contributed by atoms with Gasteiger partial charge in [0, 0.05) is 37.2 Å². The Morgan fingerprint density at radius 2 is 2.05 bits per heavy atom. The quantitative estimate of drug-likeness (QED) is 0.899. The molecule has 3 nitrogen and oxygen atoms in total. The van der Waals surface area contributed by atoms with Crippen molar-refractivity contribution in [2.75, 3.05) is 31.1 Å². The zero-order chi connectivity index (χ0) is 13.7. The summed E-state index contributed by atoms with van der Waals surface area (Å²) < 4.78 is 5.77. The van der Waals surface area contributed by atoms with Gasteiger partial charge in [-0.1, -0.05) is 12.1 Å². The largest absolute Gasteiger partial charge is 0.491 e. The molecule has 0 aliphatic carbocycles. The van der Waals surface area contributed by atoms with E-state index in [1.54, 1.807) is 0 Å². The molecule has 1 aromatic rings. The number of rotatable bonds is 5. The number of nitrogens with zero attached hydrogens (tertiary/aromatic N) is 1. The van der Waals surface area contributed by atoms with Gasteiger partial charge in [0.1, 0.15) is 5.75 Å². The summed E-state index contributed by atoms with van der Waals surface area (Å²) in [7, 11) is 0. The van der Waals surface area contributed by atoms with Crippen LogP contribution in [0.1, 0.15) is 25.5 Å². The molecule has 4 heteroatoms.